The lowest BCUT2D eigenvalue weighted by atomic mass is 9.69. The molecular formula is C23H23NO8. The molecule has 168 valence electrons. The van der Waals surface area contributed by atoms with E-state index in [4.69, 9.17) is 38.9 Å². The summed E-state index contributed by atoms with van der Waals surface area (Å²) in [4.78, 5) is 13.2. The molecule has 4 aliphatic rings. The van der Waals surface area contributed by atoms with Gasteiger partial charge in [0.25, 0.3) is 0 Å². The molecule has 2 aromatic rings. The molecule has 3 aliphatic heterocycles. The molecule has 9 nitrogen and oxygen atoms in total. The molecule has 9 heteroatoms. The summed E-state index contributed by atoms with van der Waals surface area (Å²) in [5, 5.41) is 0. The Morgan fingerprint density at radius 3 is 2.44 bits per heavy atom. The average Bonchev–Trinajstić information content (AvgIpc) is 3.44. The fourth-order valence-corrected chi connectivity index (χ4v) is 5.36. The minimum Gasteiger partial charge on any atom is -0.493 e. The van der Waals surface area contributed by atoms with E-state index in [1.807, 2.05) is 26.0 Å². The maximum Gasteiger partial charge on any atom is 0.343 e. The number of nitrogens with two attached hydrogens (primary N) is 1. The van der Waals surface area contributed by atoms with Crippen LogP contribution in [0, 0.1) is 0 Å². The minimum atomic E-state index is -1.33. The zero-order valence-corrected chi connectivity index (χ0v) is 18.1. The number of rotatable bonds is 2. The third kappa shape index (κ3) is 2.30. The Morgan fingerprint density at radius 2 is 1.75 bits per heavy atom. The van der Waals surface area contributed by atoms with Crippen LogP contribution in [0.1, 0.15) is 53.0 Å². The molecule has 1 aliphatic carbocycles. The third-order valence-electron chi connectivity index (χ3n) is 6.63. The van der Waals surface area contributed by atoms with E-state index < -0.39 is 35.6 Å². The van der Waals surface area contributed by atoms with Crippen molar-refractivity contribution in [3.63, 3.8) is 0 Å². The van der Waals surface area contributed by atoms with Crippen LogP contribution >= 0.6 is 0 Å². The van der Waals surface area contributed by atoms with Gasteiger partial charge in [-0.15, -0.1) is 0 Å². The molecule has 0 bridgehead atoms. The van der Waals surface area contributed by atoms with Gasteiger partial charge in [-0.1, -0.05) is 6.07 Å². The van der Waals surface area contributed by atoms with E-state index in [0.29, 0.717) is 28.6 Å². The second-order valence-electron chi connectivity index (χ2n) is 8.70. The highest BCUT2D eigenvalue weighted by Crippen LogP contribution is 2.62. The smallest absolute Gasteiger partial charge is 0.343 e. The lowest BCUT2D eigenvalue weighted by molar-refractivity contribution is -0.175. The topological polar surface area (TPSA) is 108 Å². The number of benzene rings is 2. The fourth-order valence-electron chi connectivity index (χ4n) is 5.36. The van der Waals surface area contributed by atoms with Gasteiger partial charge < -0.3 is 38.9 Å². The molecule has 1 fully saturated rings. The first-order valence-corrected chi connectivity index (χ1v) is 10.3. The van der Waals surface area contributed by atoms with Gasteiger partial charge in [-0.3, -0.25) is 0 Å². The largest absolute Gasteiger partial charge is 0.493 e. The van der Waals surface area contributed by atoms with Crippen molar-refractivity contribution in [2.75, 3.05) is 21.0 Å². The average molecular weight is 441 g/mol. The number of carbonyl (C=O) groups excluding carboxylic acids is 1. The minimum absolute atomic E-state index is 0.129. The molecule has 0 saturated carbocycles. The predicted octanol–water partition coefficient (Wildman–Crippen LogP) is 2.70. The lowest BCUT2D eigenvalue weighted by Gasteiger charge is -2.45. The second kappa shape index (κ2) is 6.28. The molecule has 32 heavy (non-hydrogen) atoms. The van der Waals surface area contributed by atoms with Crippen molar-refractivity contribution in [2.45, 2.75) is 43.5 Å². The van der Waals surface area contributed by atoms with E-state index in [0.717, 1.165) is 11.1 Å². The van der Waals surface area contributed by atoms with Gasteiger partial charge in [-0.05, 0) is 43.2 Å². The van der Waals surface area contributed by atoms with Crippen molar-refractivity contribution >= 4 is 5.97 Å². The number of esters is 1. The van der Waals surface area contributed by atoms with Crippen LogP contribution in [0.25, 0.3) is 0 Å². The molecule has 1 saturated heterocycles. The van der Waals surface area contributed by atoms with Crippen molar-refractivity contribution < 1.29 is 38.0 Å². The number of fused-ring (bicyclic) bond motifs is 7. The molecule has 0 aromatic heterocycles. The Labute approximate surface area is 184 Å². The fraction of sp³-hybridized carbons (Fsp3) is 0.435. The number of hydrogen-bond acceptors (Lipinski definition) is 9. The van der Waals surface area contributed by atoms with E-state index in [1.54, 1.807) is 12.1 Å². The van der Waals surface area contributed by atoms with Crippen LogP contribution in [0.4, 0.5) is 0 Å². The van der Waals surface area contributed by atoms with Crippen LogP contribution in [0.15, 0.2) is 24.3 Å². The van der Waals surface area contributed by atoms with Crippen LogP contribution in [0.5, 0.6) is 23.0 Å². The summed E-state index contributed by atoms with van der Waals surface area (Å²) in [6.45, 7) is 3.78. The predicted molar refractivity (Wildman–Crippen MR) is 109 cm³/mol. The van der Waals surface area contributed by atoms with Crippen molar-refractivity contribution in [1.29, 1.82) is 0 Å². The van der Waals surface area contributed by atoms with Crippen LogP contribution in [-0.4, -0.2) is 38.9 Å². The molecule has 2 aromatic carbocycles. The molecule has 1 spiro atoms. The summed E-state index contributed by atoms with van der Waals surface area (Å²) in [5.41, 5.74) is 7.98. The monoisotopic (exact) mass is 441 g/mol. The van der Waals surface area contributed by atoms with Crippen LogP contribution in [-0.2, 0) is 19.8 Å². The summed E-state index contributed by atoms with van der Waals surface area (Å²) < 4.78 is 40.8. The highest BCUT2D eigenvalue weighted by molar-refractivity contribution is 5.99. The van der Waals surface area contributed by atoms with Gasteiger partial charge in [0.15, 0.2) is 34.4 Å². The van der Waals surface area contributed by atoms with Gasteiger partial charge in [-0.25, -0.2) is 4.79 Å². The van der Waals surface area contributed by atoms with E-state index in [-0.39, 0.29) is 12.4 Å². The summed E-state index contributed by atoms with van der Waals surface area (Å²) in [5.74, 6) is 0.449. The van der Waals surface area contributed by atoms with Crippen molar-refractivity contribution in [1.82, 2.24) is 0 Å². The second-order valence-corrected chi connectivity index (χ2v) is 8.70. The first-order valence-electron chi connectivity index (χ1n) is 10.3. The van der Waals surface area contributed by atoms with Gasteiger partial charge in [0.05, 0.1) is 20.3 Å². The van der Waals surface area contributed by atoms with Gasteiger partial charge in [0.1, 0.15) is 17.8 Å². The van der Waals surface area contributed by atoms with Gasteiger partial charge in [0, 0.05) is 5.56 Å². The molecule has 6 rings (SSSR count). The molecule has 0 amide bonds. The zero-order chi connectivity index (χ0) is 22.4. The Hall–Kier alpha value is -3.01. The quantitative estimate of drug-likeness (QED) is 0.704. The van der Waals surface area contributed by atoms with Crippen LogP contribution in [0.2, 0.25) is 0 Å². The van der Waals surface area contributed by atoms with Crippen LogP contribution in [0.3, 0.4) is 0 Å². The SMILES string of the molecule is COc1ccc2c(c1OC)C(=O)O[C@@]21[C@H](N)c2cc3c(cc2[C@@H]2OC(C)(C)O[C@@H]21)OCO3. The van der Waals surface area contributed by atoms with Crippen molar-refractivity contribution in [3.05, 3.63) is 46.5 Å². The van der Waals surface area contributed by atoms with Crippen molar-refractivity contribution in [2.24, 2.45) is 5.73 Å². The molecule has 4 atom stereocenters. The maximum atomic E-state index is 13.2. The molecule has 2 N–H and O–H groups in total. The van der Waals surface area contributed by atoms with Gasteiger partial charge in [0.2, 0.25) is 6.79 Å². The Balaban J connectivity index is 1.62. The normalized spacial score (nSPS) is 30.5. The van der Waals surface area contributed by atoms with Gasteiger partial charge >= 0.3 is 5.97 Å². The number of methoxy groups -OCH3 is 2. The molecule has 0 unspecified atom stereocenters. The highest BCUT2D eigenvalue weighted by Gasteiger charge is 2.67. The summed E-state index contributed by atoms with van der Waals surface area (Å²) >= 11 is 0. The first kappa shape index (κ1) is 19.7. The Bertz CT molecular complexity index is 1160. The highest BCUT2D eigenvalue weighted by atomic mass is 16.8. The van der Waals surface area contributed by atoms with Crippen LogP contribution < -0.4 is 24.7 Å². The van der Waals surface area contributed by atoms with E-state index in [1.165, 1.54) is 14.2 Å². The summed E-state index contributed by atoms with van der Waals surface area (Å²) in [6.07, 6.45) is -1.23. The molecule has 0 radical (unpaired) electrons. The number of hydrogen-bond donors (Lipinski definition) is 1. The zero-order valence-electron chi connectivity index (χ0n) is 18.1. The van der Waals surface area contributed by atoms with E-state index in [9.17, 15) is 4.79 Å². The molecular weight excluding hydrogens is 418 g/mol. The lowest BCUT2D eigenvalue weighted by Crippen LogP contribution is -2.53. The third-order valence-corrected chi connectivity index (χ3v) is 6.63. The Morgan fingerprint density at radius 1 is 1.03 bits per heavy atom. The standard InChI is InChI=1S/C23H23NO8/c1-22(2)30-17-10-7-14-15(29-9-28-14)8-11(10)19(24)23(20(17)31-22)12-5-6-13(26-3)18(27-4)16(12)21(25)32-23/h5-8,17,19-20H,9,24H2,1-4H3/t17-,19+,20-,23+/m0/s1. The summed E-state index contributed by atoms with van der Waals surface area (Å²) in [7, 11) is 2.99. The number of carbonyl (C=O) groups is 1. The summed E-state index contributed by atoms with van der Waals surface area (Å²) in [6, 6.07) is 6.47. The first-order chi connectivity index (χ1) is 15.3. The van der Waals surface area contributed by atoms with Gasteiger partial charge in [-0.2, -0.15) is 0 Å². The van der Waals surface area contributed by atoms with Crippen molar-refractivity contribution in [3.8, 4) is 23.0 Å². The number of ether oxygens (including phenoxy) is 7. The molecule has 3 heterocycles. The Kier molecular flexibility index (Phi) is 3.86. The van der Waals surface area contributed by atoms with E-state index in [2.05, 4.69) is 0 Å². The maximum absolute atomic E-state index is 13.2. The van der Waals surface area contributed by atoms with E-state index >= 15 is 0 Å².